The topological polar surface area (TPSA) is 78.1 Å². The van der Waals surface area contributed by atoms with Crippen LogP contribution in [0.15, 0.2) is 12.3 Å². The molecule has 0 unspecified atom stereocenters. The molecule has 2 aliphatic rings. The first-order chi connectivity index (χ1) is 13.8. The van der Waals surface area contributed by atoms with Gasteiger partial charge in [-0.05, 0) is 19.4 Å². The summed E-state index contributed by atoms with van der Waals surface area (Å²) < 4.78 is 79.4. The molecule has 2 fully saturated rings. The second-order valence-electron chi connectivity index (χ2n) is 7.80. The summed E-state index contributed by atoms with van der Waals surface area (Å²) in [5, 5.41) is 1.88. The second kappa shape index (κ2) is 6.35. The average Bonchev–Trinajstić information content (AvgIpc) is 3.03. The molecule has 2 aromatic rings. The number of H-pyrrole nitrogens is 1. The van der Waals surface area contributed by atoms with Gasteiger partial charge in [-0.3, -0.25) is 9.59 Å². The molecule has 2 N–H and O–H groups in total. The number of halogens is 6. The van der Waals surface area contributed by atoms with Gasteiger partial charge in [-0.1, -0.05) is 0 Å². The number of aromatic amines is 1. The fourth-order valence-corrected chi connectivity index (χ4v) is 3.88. The number of fused-ring (bicyclic) bond motifs is 1. The first-order valence-corrected chi connectivity index (χ1v) is 9.06. The van der Waals surface area contributed by atoms with Gasteiger partial charge in [0.1, 0.15) is 11.7 Å². The molecule has 0 aromatic carbocycles. The predicted molar refractivity (Wildman–Crippen MR) is 91.2 cm³/mol. The Bertz CT molecular complexity index is 1050. The number of carbonyl (C=O) groups is 2. The van der Waals surface area contributed by atoms with E-state index in [2.05, 4.69) is 15.3 Å². The third kappa shape index (κ3) is 3.18. The Hall–Kier alpha value is -2.79. The lowest BCUT2D eigenvalue weighted by atomic mass is 10.1. The number of carbonyl (C=O) groups excluding carboxylic acids is 2. The number of pyridine rings is 1. The lowest BCUT2D eigenvalue weighted by Crippen LogP contribution is -2.46. The van der Waals surface area contributed by atoms with Crippen molar-refractivity contribution in [3.8, 4) is 0 Å². The third-order valence-electron chi connectivity index (χ3n) is 5.72. The predicted octanol–water partition coefficient (Wildman–Crippen LogP) is 3.10. The molecular weight excluding hydrogens is 418 g/mol. The molecule has 12 heteroatoms. The summed E-state index contributed by atoms with van der Waals surface area (Å²) in [6.07, 6.45) is -4.32. The van der Waals surface area contributed by atoms with E-state index in [9.17, 15) is 35.9 Å². The highest BCUT2D eigenvalue weighted by Gasteiger charge is 2.73. The van der Waals surface area contributed by atoms with Crippen LogP contribution in [0, 0.1) is 11.2 Å². The largest absolute Gasteiger partial charge is 0.436 e. The van der Waals surface area contributed by atoms with Crippen LogP contribution >= 0.6 is 0 Å². The van der Waals surface area contributed by atoms with Crippen molar-refractivity contribution >= 4 is 22.7 Å². The maximum Gasteiger partial charge on any atom is 0.436 e. The van der Waals surface area contributed by atoms with Gasteiger partial charge in [0, 0.05) is 24.9 Å². The molecule has 3 heterocycles. The molecule has 1 saturated heterocycles. The molecule has 4 rings (SSSR count). The number of aromatic nitrogens is 2. The normalized spacial score (nSPS) is 23.8. The number of rotatable bonds is 3. The van der Waals surface area contributed by atoms with Crippen LogP contribution in [-0.4, -0.2) is 51.7 Å². The molecule has 0 bridgehead atoms. The highest BCUT2D eigenvalue weighted by molar-refractivity contribution is 6.00. The summed E-state index contributed by atoms with van der Waals surface area (Å²) in [6, 6.07) is -0.177. The van der Waals surface area contributed by atoms with Gasteiger partial charge in [0.2, 0.25) is 5.91 Å². The van der Waals surface area contributed by atoms with Crippen LogP contribution in [0.1, 0.15) is 35.9 Å². The van der Waals surface area contributed by atoms with Crippen LogP contribution in [0.3, 0.4) is 0 Å². The van der Waals surface area contributed by atoms with E-state index in [0.29, 0.717) is 0 Å². The molecule has 30 heavy (non-hydrogen) atoms. The number of hydrogen-bond acceptors (Lipinski definition) is 3. The Morgan fingerprint density at radius 3 is 2.57 bits per heavy atom. The Morgan fingerprint density at radius 1 is 1.33 bits per heavy atom. The van der Waals surface area contributed by atoms with E-state index in [0.717, 1.165) is 12.3 Å². The Balaban J connectivity index is 1.46. The van der Waals surface area contributed by atoms with Crippen molar-refractivity contribution in [2.45, 2.75) is 37.9 Å². The molecule has 0 radical (unpaired) electrons. The zero-order valence-corrected chi connectivity index (χ0v) is 15.5. The summed E-state index contributed by atoms with van der Waals surface area (Å²) in [5.41, 5.74) is -3.27. The monoisotopic (exact) mass is 434 g/mol. The van der Waals surface area contributed by atoms with E-state index in [1.165, 1.54) is 11.8 Å². The first-order valence-electron chi connectivity index (χ1n) is 9.06. The van der Waals surface area contributed by atoms with Crippen molar-refractivity contribution in [3.05, 3.63) is 29.5 Å². The van der Waals surface area contributed by atoms with E-state index in [-0.39, 0.29) is 37.1 Å². The maximum atomic E-state index is 14.1. The molecule has 1 aliphatic heterocycles. The van der Waals surface area contributed by atoms with Crippen LogP contribution in [-0.2, 0) is 11.0 Å². The van der Waals surface area contributed by atoms with Crippen molar-refractivity contribution < 1.29 is 35.9 Å². The SMILES string of the molecule is C[C@@H](NC(=O)c1cc2c(F)c(C(F)(F)F)ncc2[nH]1)C(=O)N1CC[C@]2(C1)CC2(F)F. The lowest BCUT2D eigenvalue weighted by Gasteiger charge is -2.21. The van der Waals surface area contributed by atoms with Crippen molar-refractivity contribution in [2.75, 3.05) is 13.1 Å². The smallest absolute Gasteiger partial charge is 0.349 e. The van der Waals surface area contributed by atoms with Crippen LogP contribution in [0.25, 0.3) is 10.9 Å². The van der Waals surface area contributed by atoms with Gasteiger partial charge in [0.25, 0.3) is 11.8 Å². The Morgan fingerprint density at radius 2 is 2.00 bits per heavy atom. The summed E-state index contributed by atoms with van der Waals surface area (Å²) in [6.45, 7) is 1.42. The van der Waals surface area contributed by atoms with E-state index < -0.39 is 52.3 Å². The third-order valence-corrected chi connectivity index (χ3v) is 5.72. The molecular formula is C18H16F6N4O2. The highest BCUT2D eigenvalue weighted by atomic mass is 19.4. The van der Waals surface area contributed by atoms with Crippen molar-refractivity contribution in [2.24, 2.45) is 5.41 Å². The second-order valence-corrected chi connectivity index (χ2v) is 7.80. The molecule has 6 nitrogen and oxygen atoms in total. The molecule has 2 aromatic heterocycles. The van der Waals surface area contributed by atoms with Crippen molar-refractivity contribution in [1.82, 2.24) is 20.2 Å². The van der Waals surface area contributed by atoms with Gasteiger partial charge >= 0.3 is 6.18 Å². The number of amides is 2. The Kier molecular flexibility index (Phi) is 4.34. The quantitative estimate of drug-likeness (QED) is 0.729. The molecule has 162 valence electrons. The molecule has 1 aliphatic carbocycles. The van der Waals surface area contributed by atoms with Gasteiger partial charge in [-0.15, -0.1) is 0 Å². The molecule has 1 spiro atoms. The van der Waals surface area contributed by atoms with Crippen LogP contribution < -0.4 is 5.32 Å². The fraction of sp³-hybridized carbons (Fsp3) is 0.500. The van der Waals surface area contributed by atoms with Crippen molar-refractivity contribution in [1.29, 1.82) is 0 Å². The molecule has 1 saturated carbocycles. The number of alkyl halides is 5. The number of nitrogens with one attached hydrogen (secondary N) is 2. The number of likely N-dealkylation sites (tertiary alicyclic amines) is 1. The van der Waals surface area contributed by atoms with Gasteiger partial charge in [-0.2, -0.15) is 13.2 Å². The Labute approximate surface area is 165 Å². The first kappa shape index (κ1) is 20.5. The highest BCUT2D eigenvalue weighted by Crippen LogP contribution is 2.65. The van der Waals surface area contributed by atoms with Crippen LogP contribution in [0.4, 0.5) is 26.3 Å². The van der Waals surface area contributed by atoms with Crippen molar-refractivity contribution in [3.63, 3.8) is 0 Å². The standard InChI is InChI=1S/C18H16F6N4O2/c1-8(15(30)28-3-2-16(7-28)6-17(16,20)21)26-14(29)10-4-9-11(27-10)5-25-13(12(9)19)18(22,23)24/h4-5,8,27H,2-3,6-7H2,1H3,(H,26,29)/t8-,16-/m1/s1. The summed E-state index contributed by atoms with van der Waals surface area (Å²) >= 11 is 0. The van der Waals surface area contributed by atoms with E-state index in [4.69, 9.17) is 0 Å². The van der Waals surface area contributed by atoms with E-state index in [1.807, 2.05) is 0 Å². The van der Waals surface area contributed by atoms with Gasteiger partial charge in [-0.25, -0.2) is 18.2 Å². The zero-order chi connectivity index (χ0) is 22.1. The summed E-state index contributed by atoms with van der Waals surface area (Å²) in [4.78, 5) is 31.6. The zero-order valence-electron chi connectivity index (χ0n) is 15.5. The maximum absolute atomic E-state index is 14.1. The lowest BCUT2D eigenvalue weighted by molar-refractivity contribution is -0.143. The van der Waals surface area contributed by atoms with Gasteiger partial charge in [0.05, 0.1) is 17.1 Å². The molecule has 2 atom stereocenters. The minimum absolute atomic E-state index is 0.0947. The van der Waals surface area contributed by atoms with E-state index >= 15 is 0 Å². The minimum Gasteiger partial charge on any atom is -0.349 e. The minimum atomic E-state index is -5.00. The fourth-order valence-electron chi connectivity index (χ4n) is 3.88. The van der Waals surface area contributed by atoms with Gasteiger partial charge in [0.15, 0.2) is 11.5 Å². The summed E-state index contributed by atoms with van der Waals surface area (Å²) in [5.74, 6) is -5.81. The van der Waals surface area contributed by atoms with Crippen LogP contribution in [0.5, 0.6) is 0 Å². The van der Waals surface area contributed by atoms with Gasteiger partial charge < -0.3 is 15.2 Å². The summed E-state index contributed by atoms with van der Waals surface area (Å²) in [7, 11) is 0. The average molecular weight is 434 g/mol. The number of nitrogens with zero attached hydrogens (tertiary/aromatic N) is 2. The molecule has 2 amide bonds. The van der Waals surface area contributed by atoms with Crippen LogP contribution in [0.2, 0.25) is 0 Å². The number of hydrogen-bond donors (Lipinski definition) is 2. The van der Waals surface area contributed by atoms with E-state index in [1.54, 1.807) is 0 Å².